The topological polar surface area (TPSA) is 78.4 Å². The second-order valence-corrected chi connectivity index (χ2v) is 6.24. The molecule has 114 valence electrons. The summed E-state index contributed by atoms with van der Waals surface area (Å²) in [6, 6.07) is 6.59. The highest BCUT2D eigenvalue weighted by molar-refractivity contribution is 14.1. The molecule has 0 bridgehead atoms. The van der Waals surface area contributed by atoms with Crippen LogP contribution in [0.2, 0.25) is 0 Å². The number of pyridine rings is 2. The first-order chi connectivity index (χ1) is 10.6. The fourth-order valence-electron chi connectivity index (χ4n) is 1.60. The molecule has 8 heteroatoms. The highest BCUT2D eigenvalue weighted by atomic mass is 127. The maximum Gasteiger partial charge on any atom is 0.168 e. The minimum atomic E-state index is 0.152. The van der Waals surface area contributed by atoms with Gasteiger partial charge in [0.2, 0.25) is 0 Å². The number of carbonyl (C=O) groups is 2. The van der Waals surface area contributed by atoms with Crippen LogP contribution in [-0.2, 0) is 0 Å². The first kappa shape index (κ1) is 17.1. The number of nitrogens with zero attached hydrogens (tertiary/aromatic N) is 2. The number of ether oxygens (including phenoxy) is 2. The number of carbonyl (C=O) groups excluding carboxylic acids is 2. The van der Waals surface area contributed by atoms with Crippen molar-refractivity contribution in [2.45, 2.75) is 0 Å². The Hall–Kier alpha value is -1.30. The largest absolute Gasteiger partial charge is 0.490 e. The van der Waals surface area contributed by atoms with Gasteiger partial charge in [0.05, 0.1) is 0 Å². The summed E-state index contributed by atoms with van der Waals surface area (Å²) in [7, 11) is 0. The van der Waals surface area contributed by atoms with Crippen molar-refractivity contribution in [2.75, 3.05) is 13.2 Å². The molecular formula is C14H10I2N2O4. The normalized spacial score (nSPS) is 10.1. The van der Waals surface area contributed by atoms with Crippen LogP contribution in [0.1, 0.15) is 21.0 Å². The fourth-order valence-corrected chi connectivity index (χ4v) is 3.19. The van der Waals surface area contributed by atoms with E-state index in [4.69, 9.17) is 9.47 Å². The molecule has 22 heavy (non-hydrogen) atoms. The number of aromatic nitrogens is 2. The summed E-state index contributed by atoms with van der Waals surface area (Å²) < 4.78 is 12.7. The molecule has 0 saturated carbocycles. The molecule has 0 aliphatic carbocycles. The zero-order valence-electron chi connectivity index (χ0n) is 11.2. The lowest BCUT2D eigenvalue weighted by atomic mass is 10.3. The van der Waals surface area contributed by atoms with Crippen molar-refractivity contribution in [1.29, 1.82) is 0 Å². The number of halogens is 2. The summed E-state index contributed by atoms with van der Waals surface area (Å²) in [5, 5.41) is 0. The van der Waals surface area contributed by atoms with Crippen LogP contribution in [0, 0.1) is 7.40 Å². The van der Waals surface area contributed by atoms with E-state index in [0.717, 1.165) is 7.40 Å². The van der Waals surface area contributed by atoms with E-state index in [1.807, 2.05) is 12.1 Å². The van der Waals surface area contributed by atoms with Crippen molar-refractivity contribution in [1.82, 2.24) is 9.97 Å². The van der Waals surface area contributed by atoms with Crippen molar-refractivity contribution in [2.24, 2.45) is 0 Å². The number of hydrogen-bond acceptors (Lipinski definition) is 6. The standard InChI is InChI=1S/C14H10I2N2O4/c15-13-5-12(6-14(16)18-13)22-2-1-21-11-3-9(7-19)17-10(4-11)8-20/h3-8H,1-2H2. The molecule has 2 aromatic heterocycles. The van der Waals surface area contributed by atoms with E-state index < -0.39 is 0 Å². The predicted molar refractivity (Wildman–Crippen MR) is 95.7 cm³/mol. The van der Waals surface area contributed by atoms with Gasteiger partial charge in [-0.05, 0) is 45.2 Å². The lowest BCUT2D eigenvalue weighted by molar-refractivity contribution is 0.111. The molecule has 0 aliphatic rings. The average molecular weight is 524 g/mol. The fraction of sp³-hybridized carbons (Fsp3) is 0.143. The van der Waals surface area contributed by atoms with Gasteiger partial charge in [0.15, 0.2) is 12.6 Å². The van der Waals surface area contributed by atoms with Gasteiger partial charge >= 0.3 is 0 Å². The van der Waals surface area contributed by atoms with Gasteiger partial charge in [-0.15, -0.1) is 0 Å². The number of hydrogen-bond donors (Lipinski definition) is 0. The first-order valence-corrected chi connectivity index (χ1v) is 8.27. The molecule has 0 fully saturated rings. The predicted octanol–water partition coefficient (Wildman–Crippen LogP) is 2.77. The molecule has 0 radical (unpaired) electrons. The highest BCUT2D eigenvalue weighted by Crippen LogP contribution is 2.17. The third-order valence-corrected chi connectivity index (χ3v) is 3.54. The molecule has 2 rings (SSSR count). The Balaban J connectivity index is 1.91. The third-order valence-electron chi connectivity index (χ3n) is 2.44. The van der Waals surface area contributed by atoms with Gasteiger partial charge in [0.1, 0.15) is 43.5 Å². The van der Waals surface area contributed by atoms with Gasteiger partial charge < -0.3 is 9.47 Å². The summed E-state index contributed by atoms with van der Waals surface area (Å²) >= 11 is 4.23. The summed E-state index contributed by atoms with van der Waals surface area (Å²) in [5.41, 5.74) is 0.303. The van der Waals surface area contributed by atoms with E-state index >= 15 is 0 Å². The van der Waals surface area contributed by atoms with E-state index in [1.54, 1.807) is 0 Å². The maximum absolute atomic E-state index is 10.7. The van der Waals surface area contributed by atoms with Crippen molar-refractivity contribution in [3.8, 4) is 11.5 Å². The first-order valence-electron chi connectivity index (χ1n) is 6.12. The Morgan fingerprint density at radius 3 is 1.73 bits per heavy atom. The zero-order valence-corrected chi connectivity index (χ0v) is 15.5. The Kier molecular flexibility index (Phi) is 6.49. The minimum Gasteiger partial charge on any atom is -0.490 e. The van der Waals surface area contributed by atoms with Gasteiger partial charge in [-0.25, -0.2) is 9.97 Å². The van der Waals surface area contributed by atoms with Gasteiger partial charge in [-0.3, -0.25) is 9.59 Å². The minimum absolute atomic E-state index is 0.152. The molecule has 0 aromatic carbocycles. The van der Waals surface area contributed by atoms with Crippen LogP contribution in [-0.4, -0.2) is 35.8 Å². The maximum atomic E-state index is 10.7. The summed E-state index contributed by atoms with van der Waals surface area (Å²) in [6.45, 7) is 0.599. The molecule has 0 N–H and O–H groups in total. The molecule has 0 atom stereocenters. The molecule has 0 unspecified atom stereocenters. The van der Waals surface area contributed by atoms with Crippen molar-refractivity contribution >= 4 is 57.8 Å². The Morgan fingerprint density at radius 1 is 0.818 bits per heavy atom. The summed E-state index contributed by atoms with van der Waals surface area (Å²) in [4.78, 5) is 29.5. The molecule has 0 amide bonds. The van der Waals surface area contributed by atoms with Gasteiger partial charge in [-0.1, -0.05) is 0 Å². The molecule has 2 aromatic rings. The molecule has 0 aliphatic heterocycles. The summed E-state index contributed by atoms with van der Waals surface area (Å²) in [5.74, 6) is 1.12. The quantitative estimate of drug-likeness (QED) is 0.240. The van der Waals surface area contributed by atoms with Gasteiger partial charge in [0, 0.05) is 24.3 Å². The third kappa shape index (κ3) is 5.16. The number of aldehydes is 2. The smallest absolute Gasteiger partial charge is 0.168 e. The van der Waals surface area contributed by atoms with E-state index in [1.165, 1.54) is 12.1 Å². The lowest BCUT2D eigenvalue weighted by Gasteiger charge is -2.09. The average Bonchev–Trinajstić information content (AvgIpc) is 2.50. The second-order valence-electron chi connectivity index (χ2n) is 4.03. The van der Waals surface area contributed by atoms with Gasteiger partial charge in [-0.2, -0.15) is 0 Å². The lowest BCUT2D eigenvalue weighted by Crippen LogP contribution is -2.10. The van der Waals surface area contributed by atoms with Crippen LogP contribution in [0.3, 0.4) is 0 Å². The molecular weight excluding hydrogens is 514 g/mol. The molecule has 6 nitrogen and oxygen atoms in total. The van der Waals surface area contributed by atoms with E-state index in [2.05, 4.69) is 55.1 Å². The second kappa shape index (κ2) is 8.36. The highest BCUT2D eigenvalue weighted by Gasteiger charge is 2.04. The van der Waals surface area contributed by atoms with Crippen LogP contribution < -0.4 is 9.47 Å². The molecule has 0 spiro atoms. The Labute approximate surface area is 153 Å². The van der Waals surface area contributed by atoms with Crippen LogP contribution in [0.5, 0.6) is 11.5 Å². The van der Waals surface area contributed by atoms with Crippen LogP contribution in [0.15, 0.2) is 24.3 Å². The van der Waals surface area contributed by atoms with Crippen LogP contribution >= 0.6 is 45.2 Å². The van der Waals surface area contributed by atoms with Crippen molar-refractivity contribution in [3.05, 3.63) is 43.1 Å². The Morgan fingerprint density at radius 2 is 1.27 bits per heavy atom. The zero-order chi connectivity index (χ0) is 15.9. The number of rotatable bonds is 7. The van der Waals surface area contributed by atoms with Crippen LogP contribution in [0.25, 0.3) is 0 Å². The molecule has 0 saturated heterocycles. The van der Waals surface area contributed by atoms with Crippen LogP contribution in [0.4, 0.5) is 0 Å². The van der Waals surface area contributed by atoms with Gasteiger partial charge in [0.25, 0.3) is 0 Å². The van der Waals surface area contributed by atoms with Crippen molar-refractivity contribution < 1.29 is 19.1 Å². The summed E-state index contributed by atoms with van der Waals surface area (Å²) in [6.07, 6.45) is 1.13. The van der Waals surface area contributed by atoms with E-state index in [0.29, 0.717) is 30.7 Å². The molecule has 2 heterocycles. The monoisotopic (exact) mass is 524 g/mol. The Bertz CT molecular complexity index is 648. The van der Waals surface area contributed by atoms with E-state index in [-0.39, 0.29) is 18.0 Å². The SMILES string of the molecule is O=Cc1cc(OCCOc2cc(I)nc(I)c2)cc(C=O)n1. The van der Waals surface area contributed by atoms with E-state index in [9.17, 15) is 9.59 Å². The van der Waals surface area contributed by atoms with Crippen molar-refractivity contribution in [3.63, 3.8) is 0 Å².